The van der Waals surface area contributed by atoms with Crippen molar-refractivity contribution in [1.82, 2.24) is 5.43 Å². The summed E-state index contributed by atoms with van der Waals surface area (Å²) < 4.78 is 33.2. The first-order valence-electron chi connectivity index (χ1n) is 10.8. The van der Waals surface area contributed by atoms with Crippen molar-refractivity contribution < 1.29 is 17.9 Å². The van der Waals surface area contributed by atoms with Crippen LogP contribution in [-0.4, -0.2) is 20.5 Å². The third-order valence-corrected chi connectivity index (χ3v) is 6.38. The number of amides is 1. The largest absolute Gasteiger partial charge is 0.488 e. The highest BCUT2D eigenvalue weighted by Crippen LogP contribution is 2.18. The van der Waals surface area contributed by atoms with Crippen LogP contribution < -0.4 is 14.9 Å². The van der Waals surface area contributed by atoms with Crippen molar-refractivity contribution in [2.45, 2.75) is 11.5 Å². The van der Waals surface area contributed by atoms with E-state index in [1.807, 2.05) is 54.6 Å². The molecule has 4 rings (SSSR count). The number of hydrogen-bond acceptors (Lipinski definition) is 5. The molecule has 176 valence electrons. The molecule has 0 fully saturated rings. The molecule has 0 atom stereocenters. The molecular formula is C27H23N3O4S. The fraction of sp³-hybridized carbons (Fsp3) is 0.0370. The van der Waals surface area contributed by atoms with E-state index in [4.69, 9.17) is 4.74 Å². The van der Waals surface area contributed by atoms with E-state index in [0.29, 0.717) is 23.6 Å². The molecule has 0 aliphatic rings. The number of carbonyl (C=O) groups is 1. The lowest BCUT2D eigenvalue weighted by atomic mass is 10.2. The molecule has 4 aromatic carbocycles. The van der Waals surface area contributed by atoms with Gasteiger partial charge in [0.15, 0.2) is 0 Å². The zero-order valence-corrected chi connectivity index (χ0v) is 19.5. The van der Waals surface area contributed by atoms with Crippen LogP contribution in [0.4, 0.5) is 5.69 Å². The molecule has 2 N–H and O–H groups in total. The molecule has 0 aromatic heterocycles. The van der Waals surface area contributed by atoms with E-state index in [1.165, 1.54) is 42.6 Å². The van der Waals surface area contributed by atoms with Crippen LogP contribution in [0, 0.1) is 0 Å². The second kappa shape index (κ2) is 11.1. The van der Waals surface area contributed by atoms with E-state index in [1.54, 1.807) is 18.2 Å². The number of hydrogen-bond donors (Lipinski definition) is 2. The van der Waals surface area contributed by atoms with Crippen LogP contribution in [0.5, 0.6) is 5.75 Å². The SMILES string of the molecule is O=C(N/N=C\c1ccccc1OCc1ccccc1)c1ccc(NS(=O)(=O)c2ccccc2)cc1. The average molecular weight is 486 g/mol. The van der Waals surface area contributed by atoms with Crippen molar-refractivity contribution in [3.63, 3.8) is 0 Å². The number of hydrazone groups is 1. The van der Waals surface area contributed by atoms with Crippen molar-refractivity contribution >= 4 is 27.8 Å². The lowest BCUT2D eigenvalue weighted by Crippen LogP contribution is -2.18. The van der Waals surface area contributed by atoms with Gasteiger partial charge in [-0.25, -0.2) is 13.8 Å². The highest BCUT2D eigenvalue weighted by atomic mass is 32.2. The first-order chi connectivity index (χ1) is 17.0. The summed E-state index contributed by atoms with van der Waals surface area (Å²) in [5.74, 6) is 0.214. The third kappa shape index (κ3) is 6.55. The minimum atomic E-state index is -3.70. The Bertz CT molecular complexity index is 1410. The van der Waals surface area contributed by atoms with Gasteiger partial charge in [0.1, 0.15) is 12.4 Å². The monoisotopic (exact) mass is 485 g/mol. The Hall–Kier alpha value is -4.43. The van der Waals surface area contributed by atoms with Crippen LogP contribution in [0.15, 0.2) is 119 Å². The maximum absolute atomic E-state index is 12.5. The Labute approximate surface area is 204 Å². The first kappa shape index (κ1) is 23.7. The van der Waals surface area contributed by atoms with E-state index in [0.717, 1.165) is 11.1 Å². The van der Waals surface area contributed by atoms with Crippen LogP contribution in [0.25, 0.3) is 0 Å². The summed E-state index contributed by atoms with van der Waals surface area (Å²) in [6.45, 7) is 0.415. The molecule has 0 bridgehead atoms. The van der Waals surface area contributed by atoms with Gasteiger partial charge in [-0.05, 0) is 54.1 Å². The fourth-order valence-electron chi connectivity index (χ4n) is 3.18. The van der Waals surface area contributed by atoms with E-state index in [9.17, 15) is 13.2 Å². The van der Waals surface area contributed by atoms with Gasteiger partial charge < -0.3 is 4.74 Å². The summed E-state index contributed by atoms with van der Waals surface area (Å²) in [5.41, 5.74) is 4.92. The van der Waals surface area contributed by atoms with Gasteiger partial charge >= 0.3 is 0 Å². The van der Waals surface area contributed by atoms with E-state index < -0.39 is 15.9 Å². The van der Waals surface area contributed by atoms with Crippen LogP contribution in [0.1, 0.15) is 21.5 Å². The molecule has 8 heteroatoms. The lowest BCUT2D eigenvalue weighted by molar-refractivity contribution is 0.0955. The summed E-state index contributed by atoms with van der Waals surface area (Å²) in [4.78, 5) is 12.6. The smallest absolute Gasteiger partial charge is 0.271 e. The topological polar surface area (TPSA) is 96.9 Å². The van der Waals surface area contributed by atoms with E-state index >= 15 is 0 Å². The standard InChI is InChI=1S/C27H23N3O4S/c31-27(22-15-17-24(18-16-22)30-35(32,33)25-12-5-2-6-13-25)29-28-19-23-11-7-8-14-26(23)34-20-21-9-3-1-4-10-21/h1-19,30H,20H2,(H,29,31)/b28-19-. The number of rotatable bonds is 9. The van der Waals surface area contributed by atoms with Gasteiger partial charge in [0.05, 0.1) is 11.1 Å². The molecule has 1 amide bonds. The van der Waals surface area contributed by atoms with Gasteiger partial charge in [0.25, 0.3) is 15.9 Å². The zero-order chi connectivity index (χ0) is 24.5. The van der Waals surface area contributed by atoms with Crippen molar-refractivity contribution in [2.24, 2.45) is 5.10 Å². The Kier molecular flexibility index (Phi) is 7.54. The van der Waals surface area contributed by atoms with Crippen LogP contribution in [-0.2, 0) is 16.6 Å². The maximum atomic E-state index is 12.5. The summed E-state index contributed by atoms with van der Waals surface area (Å²) in [7, 11) is -3.70. The normalized spacial score (nSPS) is 11.2. The van der Waals surface area contributed by atoms with E-state index in [-0.39, 0.29) is 4.90 Å². The van der Waals surface area contributed by atoms with Gasteiger partial charge in [-0.3, -0.25) is 9.52 Å². The number of carbonyl (C=O) groups excluding carboxylic acids is 1. The molecule has 0 radical (unpaired) electrons. The minimum Gasteiger partial charge on any atom is -0.488 e. The van der Waals surface area contributed by atoms with Gasteiger partial charge in [0, 0.05) is 16.8 Å². The number of nitrogens with one attached hydrogen (secondary N) is 2. The van der Waals surface area contributed by atoms with Crippen molar-refractivity contribution in [2.75, 3.05) is 4.72 Å². The number of nitrogens with zero attached hydrogens (tertiary/aromatic N) is 1. The quantitative estimate of drug-likeness (QED) is 0.262. The summed E-state index contributed by atoms with van der Waals surface area (Å²) in [6, 6.07) is 31.3. The highest BCUT2D eigenvalue weighted by molar-refractivity contribution is 7.92. The second-order valence-corrected chi connectivity index (χ2v) is 9.19. The lowest BCUT2D eigenvalue weighted by Gasteiger charge is -2.09. The van der Waals surface area contributed by atoms with Gasteiger partial charge in [-0.2, -0.15) is 5.10 Å². The molecule has 0 saturated carbocycles. The molecule has 0 aliphatic carbocycles. The van der Waals surface area contributed by atoms with Crippen LogP contribution in [0.2, 0.25) is 0 Å². The number of sulfonamides is 1. The van der Waals surface area contributed by atoms with E-state index in [2.05, 4.69) is 15.2 Å². The molecule has 4 aromatic rings. The summed E-state index contributed by atoms with van der Waals surface area (Å²) in [5, 5.41) is 4.04. The summed E-state index contributed by atoms with van der Waals surface area (Å²) >= 11 is 0. The van der Waals surface area contributed by atoms with Crippen molar-refractivity contribution in [3.05, 3.63) is 126 Å². The Morgan fingerprint density at radius 2 is 1.43 bits per heavy atom. The molecular weight excluding hydrogens is 462 g/mol. The number of anilines is 1. The fourth-order valence-corrected chi connectivity index (χ4v) is 4.26. The van der Waals surface area contributed by atoms with Crippen LogP contribution in [0.3, 0.4) is 0 Å². The zero-order valence-electron chi connectivity index (χ0n) is 18.7. The third-order valence-electron chi connectivity index (χ3n) is 4.98. The van der Waals surface area contributed by atoms with Crippen LogP contribution >= 0.6 is 0 Å². The Morgan fingerprint density at radius 1 is 0.800 bits per heavy atom. The number of benzene rings is 4. The van der Waals surface area contributed by atoms with Gasteiger partial charge in [-0.15, -0.1) is 0 Å². The molecule has 0 heterocycles. The van der Waals surface area contributed by atoms with Crippen molar-refractivity contribution in [1.29, 1.82) is 0 Å². The van der Waals surface area contributed by atoms with Gasteiger partial charge in [0.2, 0.25) is 0 Å². The molecule has 0 spiro atoms. The molecule has 0 saturated heterocycles. The Morgan fingerprint density at radius 3 is 2.14 bits per heavy atom. The molecule has 0 aliphatic heterocycles. The first-order valence-corrected chi connectivity index (χ1v) is 12.3. The maximum Gasteiger partial charge on any atom is 0.271 e. The van der Waals surface area contributed by atoms with Crippen molar-refractivity contribution in [3.8, 4) is 5.75 Å². The predicted octanol–water partition coefficient (Wildman–Crippen LogP) is 4.83. The highest BCUT2D eigenvalue weighted by Gasteiger charge is 2.14. The molecule has 7 nitrogen and oxygen atoms in total. The Balaban J connectivity index is 1.35. The number of para-hydroxylation sites is 1. The predicted molar refractivity (Wildman–Crippen MR) is 136 cm³/mol. The molecule has 0 unspecified atom stereocenters. The number of ether oxygens (including phenoxy) is 1. The second-order valence-electron chi connectivity index (χ2n) is 7.51. The minimum absolute atomic E-state index is 0.157. The average Bonchev–Trinajstić information content (AvgIpc) is 2.89. The van der Waals surface area contributed by atoms with Gasteiger partial charge in [-0.1, -0.05) is 60.7 Å². The molecule has 35 heavy (non-hydrogen) atoms. The summed E-state index contributed by atoms with van der Waals surface area (Å²) in [6.07, 6.45) is 1.51.